The van der Waals surface area contributed by atoms with E-state index in [4.69, 9.17) is 0 Å². The van der Waals surface area contributed by atoms with Crippen LogP contribution in [0.5, 0.6) is 0 Å². The molecule has 4 heterocycles. The molecule has 0 aliphatic carbocycles. The normalized spacial score (nSPS) is 13.9. The Kier molecular flexibility index (Phi) is 6.88. The zero-order valence-electron chi connectivity index (χ0n) is 21.1. The van der Waals surface area contributed by atoms with Gasteiger partial charge in [0.15, 0.2) is 0 Å². The zero-order valence-corrected chi connectivity index (χ0v) is 22.8. The Hall–Kier alpha value is -4.39. The van der Waals surface area contributed by atoms with E-state index in [9.17, 15) is 18.0 Å². The SMILES string of the molecule is O=C(Nc1cc(-c2cccs2)nn1-c1nc(-c2ccccc2)cc(=O)[nH]1)c1ccc(S(=O)(=O)N2CCCC2)cc1. The van der Waals surface area contributed by atoms with Crippen LogP contribution in [0.2, 0.25) is 0 Å². The second-order valence-corrected chi connectivity index (χ2v) is 12.1. The summed E-state index contributed by atoms with van der Waals surface area (Å²) in [7, 11) is -3.59. The number of hydrogen-bond acceptors (Lipinski definition) is 7. The van der Waals surface area contributed by atoms with Crippen molar-refractivity contribution >= 4 is 33.1 Å². The number of aromatic amines is 1. The first-order valence-electron chi connectivity index (χ1n) is 12.6. The molecule has 3 aromatic heterocycles. The molecule has 0 atom stereocenters. The van der Waals surface area contributed by atoms with E-state index in [1.165, 1.54) is 50.7 Å². The molecule has 5 aromatic rings. The number of nitrogens with zero attached hydrogens (tertiary/aromatic N) is 4. The minimum Gasteiger partial charge on any atom is -0.306 e. The van der Waals surface area contributed by atoms with Gasteiger partial charge in [-0.25, -0.2) is 13.4 Å². The van der Waals surface area contributed by atoms with Gasteiger partial charge in [-0.1, -0.05) is 36.4 Å². The fourth-order valence-electron chi connectivity index (χ4n) is 4.52. The average Bonchev–Trinajstić information content (AvgIpc) is 3.76. The van der Waals surface area contributed by atoms with Crippen LogP contribution in [-0.4, -0.2) is 51.5 Å². The summed E-state index contributed by atoms with van der Waals surface area (Å²) in [5, 5.41) is 9.39. The maximum absolute atomic E-state index is 13.3. The lowest BCUT2D eigenvalue weighted by Gasteiger charge is -2.15. The number of aromatic nitrogens is 4. The van der Waals surface area contributed by atoms with Crippen molar-refractivity contribution in [1.82, 2.24) is 24.1 Å². The van der Waals surface area contributed by atoms with Crippen LogP contribution in [0.15, 0.2) is 93.9 Å². The number of rotatable bonds is 7. The van der Waals surface area contributed by atoms with E-state index < -0.39 is 15.9 Å². The fraction of sp³-hybridized carbons (Fsp3) is 0.143. The third-order valence-corrected chi connectivity index (χ3v) is 9.35. The van der Waals surface area contributed by atoms with Gasteiger partial charge in [0.05, 0.1) is 15.5 Å². The molecule has 12 heteroatoms. The molecular weight excluding hydrogens is 548 g/mol. The Bertz CT molecular complexity index is 1820. The molecule has 1 aliphatic rings. The number of thiophene rings is 1. The minimum atomic E-state index is -3.59. The molecule has 0 bridgehead atoms. The van der Waals surface area contributed by atoms with Crippen LogP contribution in [0.4, 0.5) is 5.82 Å². The first-order valence-corrected chi connectivity index (χ1v) is 14.9. The lowest BCUT2D eigenvalue weighted by Crippen LogP contribution is -2.27. The monoisotopic (exact) mass is 572 g/mol. The van der Waals surface area contributed by atoms with Crippen molar-refractivity contribution in [2.24, 2.45) is 0 Å². The largest absolute Gasteiger partial charge is 0.306 e. The number of nitrogens with one attached hydrogen (secondary N) is 2. The van der Waals surface area contributed by atoms with E-state index in [0.717, 1.165) is 23.3 Å². The molecule has 1 fully saturated rings. The molecule has 202 valence electrons. The summed E-state index contributed by atoms with van der Waals surface area (Å²) in [5.41, 5.74) is 1.70. The van der Waals surface area contributed by atoms with Crippen LogP contribution in [-0.2, 0) is 10.0 Å². The number of carbonyl (C=O) groups is 1. The van der Waals surface area contributed by atoms with Crippen LogP contribution in [0, 0.1) is 0 Å². The minimum absolute atomic E-state index is 0.136. The summed E-state index contributed by atoms with van der Waals surface area (Å²) >= 11 is 1.48. The maximum atomic E-state index is 13.3. The average molecular weight is 573 g/mol. The van der Waals surface area contributed by atoms with Crippen molar-refractivity contribution in [2.45, 2.75) is 17.7 Å². The van der Waals surface area contributed by atoms with E-state index in [1.807, 2.05) is 47.8 Å². The van der Waals surface area contributed by atoms with Crippen molar-refractivity contribution in [3.8, 4) is 27.8 Å². The van der Waals surface area contributed by atoms with Crippen LogP contribution in [0.25, 0.3) is 27.8 Å². The van der Waals surface area contributed by atoms with Crippen LogP contribution >= 0.6 is 11.3 Å². The summed E-state index contributed by atoms with van der Waals surface area (Å²) in [4.78, 5) is 34.2. The Balaban J connectivity index is 1.34. The molecule has 0 radical (unpaired) electrons. The van der Waals surface area contributed by atoms with Crippen molar-refractivity contribution in [1.29, 1.82) is 0 Å². The highest BCUT2D eigenvalue weighted by atomic mass is 32.2. The Morgan fingerprint density at radius 2 is 1.68 bits per heavy atom. The molecule has 6 rings (SSSR count). The Morgan fingerprint density at radius 1 is 0.925 bits per heavy atom. The first-order chi connectivity index (χ1) is 19.4. The standard InChI is InChI=1S/C28H24N6O4S2/c35-26-18-22(19-7-2-1-3-8-19)29-28(31-26)34-25(17-23(32-34)24-9-6-16-39-24)30-27(36)20-10-12-21(13-11-20)40(37,38)33-14-4-5-15-33/h1-3,6-13,16-18H,4-5,14-15H2,(H,30,36)(H,29,31,35). The van der Waals surface area contributed by atoms with Crippen LogP contribution < -0.4 is 10.9 Å². The van der Waals surface area contributed by atoms with E-state index in [-0.39, 0.29) is 27.8 Å². The summed E-state index contributed by atoms with van der Waals surface area (Å²) < 4.78 is 28.6. The van der Waals surface area contributed by atoms with Gasteiger partial charge in [-0.3, -0.25) is 14.6 Å². The van der Waals surface area contributed by atoms with Crippen LogP contribution in [0.1, 0.15) is 23.2 Å². The Morgan fingerprint density at radius 3 is 2.38 bits per heavy atom. The van der Waals surface area contributed by atoms with Gasteiger partial charge in [0.2, 0.25) is 16.0 Å². The molecule has 2 aromatic carbocycles. The first kappa shape index (κ1) is 25.9. The molecule has 1 aliphatic heterocycles. The molecule has 1 saturated heterocycles. The number of hydrogen-bond donors (Lipinski definition) is 2. The molecule has 10 nitrogen and oxygen atoms in total. The lowest BCUT2D eigenvalue weighted by atomic mass is 10.1. The molecular formula is C28H24N6O4S2. The van der Waals surface area contributed by atoms with Gasteiger partial charge in [-0.2, -0.15) is 14.1 Å². The van der Waals surface area contributed by atoms with Crippen molar-refractivity contribution in [2.75, 3.05) is 18.4 Å². The van der Waals surface area contributed by atoms with E-state index in [0.29, 0.717) is 24.5 Å². The van der Waals surface area contributed by atoms with E-state index in [1.54, 1.807) is 6.07 Å². The van der Waals surface area contributed by atoms with Gasteiger partial charge in [0.1, 0.15) is 11.5 Å². The Labute approximate surface area is 234 Å². The molecule has 0 unspecified atom stereocenters. The van der Waals surface area contributed by atoms with Crippen molar-refractivity contribution < 1.29 is 13.2 Å². The summed E-state index contributed by atoms with van der Waals surface area (Å²) in [5.74, 6) is -0.0439. The number of carbonyl (C=O) groups excluding carboxylic acids is 1. The number of benzene rings is 2. The van der Waals surface area contributed by atoms with Gasteiger partial charge in [-0.05, 0) is 48.6 Å². The third kappa shape index (κ3) is 5.11. The summed E-state index contributed by atoms with van der Waals surface area (Å²) in [6, 6.07) is 22.0. The van der Waals surface area contributed by atoms with Crippen molar-refractivity contribution in [3.05, 3.63) is 100 Å². The molecule has 1 amide bonds. The zero-order chi connectivity index (χ0) is 27.7. The molecule has 0 saturated carbocycles. The smallest absolute Gasteiger partial charge is 0.256 e. The topological polar surface area (TPSA) is 130 Å². The second-order valence-electron chi connectivity index (χ2n) is 9.21. The number of H-pyrrole nitrogens is 1. The van der Waals surface area contributed by atoms with Gasteiger partial charge in [0.25, 0.3) is 11.5 Å². The maximum Gasteiger partial charge on any atom is 0.256 e. The van der Waals surface area contributed by atoms with E-state index >= 15 is 0 Å². The predicted octanol–water partition coefficient (Wildman–Crippen LogP) is 4.39. The number of amides is 1. The quantitative estimate of drug-likeness (QED) is 0.298. The van der Waals surface area contributed by atoms with Gasteiger partial charge < -0.3 is 5.32 Å². The third-order valence-electron chi connectivity index (χ3n) is 6.54. The van der Waals surface area contributed by atoms with Gasteiger partial charge in [0, 0.05) is 36.3 Å². The number of anilines is 1. The molecule has 2 N–H and O–H groups in total. The highest BCUT2D eigenvalue weighted by molar-refractivity contribution is 7.89. The predicted molar refractivity (Wildman–Crippen MR) is 153 cm³/mol. The summed E-state index contributed by atoms with van der Waals surface area (Å²) in [6.07, 6.45) is 1.69. The number of sulfonamides is 1. The molecule has 0 spiro atoms. The summed E-state index contributed by atoms with van der Waals surface area (Å²) in [6.45, 7) is 1.01. The highest BCUT2D eigenvalue weighted by Gasteiger charge is 2.27. The second kappa shape index (κ2) is 10.6. The lowest BCUT2D eigenvalue weighted by molar-refractivity contribution is 0.102. The molecule has 40 heavy (non-hydrogen) atoms. The van der Waals surface area contributed by atoms with Crippen LogP contribution in [0.3, 0.4) is 0 Å². The van der Waals surface area contributed by atoms with Gasteiger partial charge >= 0.3 is 0 Å². The fourth-order valence-corrected chi connectivity index (χ4v) is 6.72. The highest BCUT2D eigenvalue weighted by Crippen LogP contribution is 2.28. The van der Waals surface area contributed by atoms with Crippen molar-refractivity contribution in [3.63, 3.8) is 0 Å². The van der Waals surface area contributed by atoms with Gasteiger partial charge in [-0.15, -0.1) is 11.3 Å². The van der Waals surface area contributed by atoms with E-state index in [2.05, 4.69) is 20.4 Å².